The fourth-order valence-electron chi connectivity index (χ4n) is 3.00. The van der Waals surface area contributed by atoms with Crippen molar-refractivity contribution in [1.29, 1.82) is 0 Å². The summed E-state index contributed by atoms with van der Waals surface area (Å²) in [6, 6.07) is 4.17. The third-order valence-corrected chi connectivity index (χ3v) is 5.55. The van der Waals surface area contributed by atoms with Crippen LogP contribution in [0.1, 0.15) is 18.9 Å². The molecule has 9 heteroatoms. The number of halogens is 3. The van der Waals surface area contributed by atoms with Crippen LogP contribution in [-0.4, -0.2) is 63.4 Å². The third-order valence-electron chi connectivity index (χ3n) is 3.97. The molecule has 1 aromatic heterocycles. The zero-order valence-corrected chi connectivity index (χ0v) is 14.6. The van der Waals surface area contributed by atoms with Gasteiger partial charge in [-0.3, -0.25) is 9.88 Å². The van der Waals surface area contributed by atoms with E-state index < -0.39 is 12.1 Å². The second-order valence-corrected chi connectivity index (χ2v) is 7.57. The van der Waals surface area contributed by atoms with Crippen LogP contribution in [0.15, 0.2) is 24.5 Å². The van der Waals surface area contributed by atoms with Crippen molar-refractivity contribution in [3.05, 3.63) is 30.1 Å². The van der Waals surface area contributed by atoms with Crippen molar-refractivity contribution in [3.63, 3.8) is 0 Å². The van der Waals surface area contributed by atoms with Crippen LogP contribution in [-0.2, 0) is 16.1 Å². The van der Waals surface area contributed by atoms with Crippen LogP contribution in [0.2, 0.25) is 0 Å². The number of nitrogens with zero attached hydrogens (tertiary/aromatic N) is 2. The number of carboxylic acids is 1. The molecule has 0 aromatic carbocycles. The summed E-state index contributed by atoms with van der Waals surface area (Å²) in [5, 5.41) is 7.12. The maximum absolute atomic E-state index is 10.6. The van der Waals surface area contributed by atoms with E-state index in [0.29, 0.717) is 10.9 Å². The number of ether oxygens (including phenoxy) is 1. The summed E-state index contributed by atoms with van der Waals surface area (Å²) in [6.45, 7) is 6.38. The van der Waals surface area contributed by atoms with Gasteiger partial charge in [0.05, 0.1) is 6.10 Å². The molecule has 2 aliphatic heterocycles. The summed E-state index contributed by atoms with van der Waals surface area (Å²) in [7, 11) is 0. The highest BCUT2D eigenvalue weighted by atomic mass is 32.2. The lowest BCUT2D eigenvalue weighted by atomic mass is 9.92. The van der Waals surface area contributed by atoms with Gasteiger partial charge in [-0.15, -0.1) is 11.8 Å². The Hall–Kier alpha value is -1.32. The summed E-state index contributed by atoms with van der Waals surface area (Å²) >= 11 is 2.11. The van der Waals surface area contributed by atoms with Crippen molar-refractivity contribution in [1.82, 2.24) is 9.88 Å². The number of carbonyl (C=O) groups is 1. The molecule has 0 saturated carbocycles. The Bertz CT molecular complexity index is 565. The normalized spacial score (nSPS) is 22.2. The van der Waals surface area contributed by atoms with Gasteiger partial charge in [-0.1, -0.05) is 6.07 Å². The summed E-state index contributed by atoms with van der Waals surface area (Å²) in [5.41, 5.74) is 1.32. The Morgan fingerprint density at radius 1 is 1.52 bits per heavy atom. The highest BCUT2D eigenvalue weighted by Crippen LogP contribution is 2.46. The molecule has 0 bridgehead atoms. The monoisotopic (exact) mass is 378 g/mol. The fraction of sp³-hybridized carbons (Fsp3) is 0.625. The van der Waals surface area contributed by atoms with E-state index in [0.717, 1.165) is 13.2 Å². The molecule has 2 fully saturated rings. The Morgan fingerprint density at radius 3 is 2.72 bits per heavy atom. The van der Waals surface area contributed by atoms with Crippen LogP contribution in [0, 0.1) is 0 Å². The predicted octanol–water partition coefficient (Wildman–Crippen LogP) is 2.81. The molecule has 1 unspecified atom stereocenters. The summed E-state index contributed by atoms with van der Waals surface area (Å²) in [5.74, 6) is -1.58. The molecule has 0 aliphatic carbocycles. The smallest absolute Gasteiger partial charge is 0.475 e. The molecule has 140 valence electrons. The highest BCUT2D eigenvalue weighted by molar-refractivity contribution is 8.01. The number of aromatic nitrogens is 1. The van der Waals surface area contributed by atoms with Gasteiger partial charge in [0.2, 0.25) is 0 Å². The minimum atomic E-state index is -5.08. The first kappa shape index (κ1) is 20.0. The average molecular weight is 378 g/mol. The molecular formula is C16H21F3N2O3S. The van der Waals surface area contributed by atoms with Gasteiger partial charge in [-0.25, -0.2) is 4.79 Å². The van der Waals surface area contributed by atoms with Crippen LogP contribution < -0.4 is 0 Å². The molecule has 5 nitrogen and oxygen atoms in total. The molecule has 0 amide bonds. The fourth-order valence-corrected chi connectivity index (χ4v) is 4.60. The lowest BCUT2D eigenvalue weighted by Gasteiger charge is -2.47. The Morgan fingerprint density at radius 2 is 2.20 bits per heavy atom. The maximum atomic E-state index is 10.6. The number of carboxylic acid groups (broad SMARTS) is 1. The van der Waals surface area contributed by atoms with Crippen LogP contribution in [0.3, 0.4) is 0 Å². The molecule has 2 saturated heterocycles. The molecule has 2 aliphatic rings. The van der Waals surface area contributed by atoms with E-state index in [1.807, 2.05) is 18.5 Å². The maximum Gasteiger partial charge on any atom is 0.490 e. The van der Waals surface area contributed by atoms with E-state index in [-0.39, 0.29) is 0 Å². The molecule has 0 radical (unpaired) electrons. The van der Waals surface area contributed by atoms with Gasteiger partial charge < -0.3 is 9.84 Å². The molecular weight excluding hydrogens is 357 g/mol. The van der Waals surface area contributed by atoms with E-state index in [1.165, 1.54) is 30.8 Å². The van der Waals surface area contributed by atoms with Crippen molar-refractivity contribution in [2.75, 3.05) is 25.4 Å². The topological polar surface area (TPSA) is 62.7 Å². The Labute approximate surface area is 148 Å². The second-order valence-electron chi connectivity index (χ2n) is 6.08. The van der Waals surface area contributed by atoms with E-state index in [2.05, 4.69) is 34.6 Å². The van der Waals surface area contributed by atoms with Crippen LogP contribution in [0.25, 0.3) is 0 Å². The molecule has 1 aromatic rings. The van der Waals surface area contributed by atoms with Gasteiger partial charge in [0, 0.05) is 49.1 Å². The number of thioether (sulfide) groups is 1. The van der Waals surface area contributed by atoms with E-state index in [4.69, 9.17) is 14.6 Å². The van der Waals surface area contributed by atoms with Gasteiger partial charge in [0.1, 0.15) is 0 Å². The number of likely N-dealkylation sites (tertiary alicyclic amines) is 1. The number of aliphatic carboxylic acids is 1. The Balaban J connectivity index is 0.000000277. The first-order valence-corrected chi connectivity index (χ1v) is 8.89. The number of hydrogen-bond acceptors (Lipinski definition) is 5. The molecule has 1 atom stereocenters. The number of rotatable bonds is 4. The number of alkyl halides is 3. The van der Waals surface area contributed by atoms with Crippen molar-refractivity contribution < 1.29 is 27.8 Å². The van der Waals surface area contributed by atoms with E-state index in [9.17, 15) is 13.2 Å². The van der Waals surface area contributed by atoms with Gasteiger partial charge in [-0.05, 0) is 25.0 Å². The molecule has 1 spiro atoms. The summed E-state index contributed by atoms with van der Waals surface area (Å²) < 4.78 is 38.0. The first-order chi connectivity index (χ1) is 11.7. The van der Waals surface area contributed by atoms with E-state index >= 15 is 0 Å². The Kier molecular flexibility index (Phi) is 6.70. The largest absolute Gasteiger partial charge is 0.490 e. The van der Waals surface area contributed by atoms with E-state index in [1.54, 1.807) is 0 Å². The quantitative estimate of drug-likeness (QED) is 0.869. The van der Waals surface area contributed by atoms with Gasteiger partial charge >= 0.3 is 12.1 Å². The van der Waals surface area contributed by atoms with Crippen molar-refractivity contribution in [3.8, 4) is 0 Å². The average Bonchev–Trinajstić information content (AvgIpc) is 2.92. The standard InChI is InChI=1S/C14H20N2OS.C2HF3O2/c1-2-17-13-6-14(18-9-13)10-16(11-14)8-12-4-3-5-15-7-12;3-2(4,5)1(6)7/h3-5,7,13H,2,6,8-11H2,1H3;(H,6,7). The zero-order chi connectivity index (χ0) is 18.5. The van der Waals surface area contributed by atoms with Crippen molar-refractivity contribution in [2.45, 2.75) is 36.9 Å². The number of hydrogen-bond donors (Lipinski definition) is 1. The summed E-state index contributed by atoms with van der Waals surface area (Å²) in [4.78, 5) is 15.6. The second kappa shape index (κ2) is 8.37. The first-order valence-electron chi connectivity index (χ1n) is 7.91. The third kappa shape index (κ3) is 5.86. The minimum Gasteiger partial charge on any atom is -0.475 e. The van der Waals surface area contributed by atoms with Gasteiger partial charge in [0.25, 0.3) is 0 Å². The van der Waals surface area contributed by atoms with Crippen LogP contribution in [0.5, 0.6) is 0 Å². The number of pyridine rings is 1. The minimum absolute atomic E-state index is 0.487. The van der Waals surface area contributed by atoms with Crippen molar-refractivity contribution in [2.24, 2.45) is 0 Å². The SMILES string of the molecule is CCOC1CSC2(C1)CN(Cc1cccnc1)C2.O=C(O)C(F)(F)F. The molecule has 25 heavy (non-hydrogen) atoms. The lowest BCUT2D eigenvalue weighted by molar-refractivity contribution is -0.192. The van der Waals surface area contributed by atoms with Crippen LogP contribution in [0.4, 0.5) is 13.2 Å². The van der Waals surface area contributed by atoms with Gasteiger partial charge in [0.15, 0.2) is 0 Å². The highest BCUT2D eigenvalue weighted by Gasteiger charge is 2.48. The van der Waals surface area contributed by atoms with Crippen molar-refractivity contribution >= 4 is 17.7 Å². The predicted molar refractivity (Wildman–Crippen MR) is 88.4 cm³/mol. The summed E-state index contributed by atoms with van der Waals surface area (Å²) in [6.07, 6.45) is 0.436. The molecule has 3 rings (SSSR count). The molecule has 3 heterocycles. The lowest BCUT2D eigenvalue weighted by Crippen LogP contribution is -2.58. The zero-order valence-electron chi connectivity index (χ0n) is 13.8. The van der Waals surface area contributed by atoms with Crippen LogP contribution >= 0.6 is 11.8 Å². The van der Waals surface area contributed by atoms with Gasteiger partial charge in [-0.2, -0.15) is 13.2 Å². The molecule has 1 N–H and O–H groups in total.